The normalized spacial score (nSPS) is 22.1. The second-order valence-corrected chi connectivity index (χ2v) is 7.90. The third-order valence-electron chi connectivity index (χ3n) is 6.10. The molecular weight excluding hydrogens is 338 g/mol. The zero-order chi connectivity index (χ0) is 19.0. The summed E-state index contributed by atoms with van der Waals surface area (Å²) in [6.45, 7) is 6.91. The molecule has 3 heterocycles. The SMILES string of the molecule is CC1=NN(C)CC1C(c1ccccc1-c1c(C)nnn1C)C1CCOCC1. The van der Waals surface area contributed by atoms with Gasteiger partial charge in [-0.2, -0.15) is 5.10 Å². The molecule has 0 N–H and O–H groups in total. The van der Waals surface area contributed by atoms with Crippen LogP contribution in [0.4, 0.5) is 0 Å². The van der Waals surface area contributed by atoms with Gasteiger partial charge in [-0.3, -0.25) is 5.01 Å². The van der Waals surface area contributed by atoms with E-state index >= 15 is 0 Å². The highest BCUT2D eigenvalue weighted by atomic mass is 16.5. The van der Waals surface area contributed by atoms with Crippen LogP contribution in [0.25, 0.3) is 11.3 Å². The van der Waals surface area contributed by atoms with Crippen LogP contribution in [0.2, 0.25) is 0 Å². The van der Waals surface area contributed by atoms with Gasteiger partial charge in [0.25, 0.3) is 0 Å². The first-order valence-corrected chi connectivity index (χ1v) is 9.85. The van der Waals surface area contributed by atoms with Crippen molar-refractivity contribution in [1.29, 1.82) is 0 Å². The minimum Gasteiger partial charge on any atom is -0.381 e. The van der Waals surface area contributed by atoms with Crippen LogP contribution in [0.3, 0.4) is 0 Å². The summed E-state index contributed by atoms with van der Waals surface area (Å²) in [5.41, 5.74) is 5.98. The summed E-state index contributed by atoms with van der Waals surface area (Å²) in [6.07, 6.45) is 2.21. The van der Waals surface area contributed by atoms with E-state index in [2.05, 4.69) is 53.6 Å². The molecule has 0 aliphatic carbocycles. The zero-order valence-corrected chi connectivity index (χ0v) is 16.7. The summed E-state index contributed by atoms with van der Waals surface area (Å²) in [4.78, 5) is 0. The maximum atomic E-state index is 5.67. The van der Waals surface area contributed by atoms with Crippen LogP contribution in [-0.2, 0) is 11.8 Å². The molecule has 1 aromatic carbocycles. The Kier molecular flexibility index (Phi) is 5.00. The van der Waals surface area contributed by atoms with Gasteiger partial charge in [0.15, 0.2) is 0 Å². The predicted molar refractivity (Wildman–Crippen MR) is 107 cm³/mol. The van der Waals surface area contributed by atoms with Gasteiger partial charge in [0, 0.05) is 51.0 Å². The van der Waals surface area contributed by atoms with Crippen molar-refractivity contribution in [2.75, 3.05) is 26.8 Å². The highest BCUT2D eigenvalue weighted by Gasteiger charge is 2.38. The number of aromatic nitrogens is 3. The molecule has 0 spiro atoms. The van der Waals surface area contributed by atoms with E-state index in [0.717, 1.165) is 44.0 Å². The van der Waals surface area contributed by atoms with E-state index in [1.165, 1.54) is 16.8 Å². The minimum absolute atomic E-state index is 0.424. The molecule has 2 unspecified atom stereocenters. The van der Waals surface area contributed by atoms with Gasteiger partial charge in [-0.1, -0.05) is 29.5 Å². The summed E-state index contributed by atoms with van der Waals surface area (Å²) < 4.78 is 7.57. The lowest BCUT2D eigenvalue weighted by atomic mass is 9.71. The molecule has 6 heteroatoms. The maximum Gasteiger partial charge on any atom is 0.0914 e. The van der Waals surface area contributed by atoms with Crippen molar-refractivity contribution >= 4 is 5.71 Å². The van der Waals surface area contributed by atoms with E-state index in [4.69, 9.17) is 9.84 Å². The Bertz CT molecular complexity index is 817. The molecule has 27 heavy (non-hydrogen) atoms. The molecule has 144 valence electrons. The van der Waals surface area contributed by atoms with Crippen LogP contribution >= 0.6 is 0 Å². The number of aryl methyl sites for hydroxylation is 2. The molecule has 2 aliphatic heterocycles. The molecule has 0 bridgehead atoms. The standard InChI is InChI=1S/C21H29N5O/c1-14-19(13-25(3)23-14)20(16-9-11-27-12-10-16)17-7-5-6-8-18(17)21-15(2)22-24-26(21)4/h5-8,16,19-20H,9-13H2,1-4H3. The number of rotatable bonds is 4. The van der Waals surface area contributed by atoms with Crippen LogP contribution in [0.5, 0.6) is 0 Å². The van der Waals surface area contributed by atoms with Crippen molar-refractivity contribution < 1.29 is 4.74 Å². The van der Waals surface area contributed by atoms with Gasteiger partial charge in [-0.05, 0) is 44.1 Å². The van der Waals surface area contributed by atoms with Crippen molar-refractivity contribution in [2.24, 2.45) is 24.0 Å². The van der Waals surface area contributed by atoms with Gasteiger partial charge < -0.3 is 4.74 Å². The summed E-state index contributed by atoms with van der Waals surface area (Å²) in [6, 6.07) is 8.80. The molecule has 0 saturated carbocycles. The average molecular weight is 367 g/mol. The van der Waals surface area contributed by atoms with E-state index in [9.17, 15) is 0 Å². The number of hydrogen-bond donors (Lipinski definition) is 0. The number of hydrazone groups is 1. The van der Waals surface area contributed by atoms with Crippen LogP contribution in [0.15, 0.2) is 29.4 Å². The van der Waals surface area contributed by atoms with Gasteiger partial charge >= 0.3 is 0 Å². The molecule has 2 aromatic rings. The second kappa shape index (κ2) is 7.43. The summed E-state index contributed by atoms with van der Waals surface area (Å²) >= 11 is 0. The average Bonchev–Trinajstić information content (AvgIpc) is 3.18. The minimum atomic E-state index is 0.424. The summed E-state index contributed by atoms with van der Waals surface area (Å²) in [7, 11) is 4.05. The number of ether oxygens (including phenoxy) is 1. The number of benzene rings is 1. The van der Waals surface area contributed by atoms with Gasteiger partial charge in [-0.15, -0.1) is 5.10 Å². The molecular formula is C21H29N5O. The van der Waals surface area contributed by atoms with Crippen molar-refractivity contribution in [3.8, 4) is 11.3 Å². The van der Waals surface area contributed by atoms with Gasteiger partial charge in [0.2, 0.25) is 0 Å². The first-order chi connectivity index (χ1) is 13.1. The Morgan fingerprint density at radius 1 is 1.11 bits per heavy atom. The summed E-state index contributed by atoms with van der Waals surface area (Å²) in [5, 5.41) is 15.4. The van der Waals surface area contributed by atoms with Crippen LogP contribution in [0, 0.1) is 18.8 Å². The lowest BCUT2D eigenvalue weighted by Gasteiger charge is -2.36. The molecule has 6 nitrogen and oxygen atoms in total. The third kappa shape index (κ3) is 3.38. The quantitative estimate of drug-likeness (QED) is 0.832. The molecule has 4 rings (SSSR count). The highest BCUT2D eigenvalue weighted by molar-refractivity contribution is 5.87. The van der Waals surface area contributed by atoms with Crippen molar-refractivity contribution in [1.82, 2.24) is 20.0 Å². The molecule has 0 radical (unpaired) electrons. The maximum absolute atomic E-state index is 5.67. The van der Waals surface area contributed by atoms with Crippen molar-refractivity contribution in [3.05, 3.63) is 35.5 Å². The Morgan fingerprint density at radius 3 is 2.48 bits per heavy atom. The molecule has 2 atom stereocenters. The van der Waals surface area contributed by atoms with E-state index in [-0.39, 0.29) is 0 Å². The van der Waals surface area contributed by atoms with E-state index in [1.54, 1.807) is 0 Å². The summed E-state index contributed by atoms with van der Waals surface area (Å²) in [5.74, 6) is 1.46. The topological polar surface area (TPSA) is 55.5 Å². The van der Waals surface area contributed by atoms with Gasteiger partial charge in [0.05, 0.1) is 11.4 Å². The predicted octanol–water partition coefficient (Wildman–Crippen LogP) is 3.24. The number of hydrogen-bond acceptors (Lipinski definition) is 5. The van der Waals surface area contributed by atoms with Crippen LogP contribution in [-0.4, -0.2) is 52.5 Å². The fourth-order valence-corrected chi connectivity index (χ4v) is 4.88. The van der Waals surface area contributed by atoms with Crippen LogP contribution in [0.1, 0.15) is 36.9 Å². The largest absolute Gasteiger partial charge is 0.381 e. The fraction of sp³-hybridized carbons (Fsp3) is 0.571. The van der Waals surface area contributed by atoms with Gasteiger partial charge in [-0.25, -0.2) is 4.68 Å². The first kappa shape index (κ1) is 18.2. The van der Waals surface area contributed by atoms with Crippen LogP contribution < -0.4 is 0 Å². The third-order valence-corrected chi connectivity index (χ3v) is 6.10. The van der Waals surface area contributed by atoms with Crippen molar-refractivity contribution in [3.63, 3.8) is 0 Å². The lowest BCUT2D eigenvalue weighted by Crippen LogP contribution is -2.32. The van der Waals surface area contributed by atoms with E-state index in [1.807, 2.05) is 18.7 Å². The Hall–Kier alpha value is -2.21. The smallest absolute Gasteiger partial charge is 0.0914 e. The molecule has 1 saturated heterocycles. The lowest BCUT2D eigenvalue weighted by molar-refractivity contribution is 0.0532. The fourth-order valence-electron chi connectivity index (χ4n) is 4.88. The zero-order valence-electron chi connectivity index (χ0n) is 16.7. The molecule has 1 aromatic heterocycles. The first-order valence-electron chi connectivity index (χ1n) is 9.85. The second-order valence-electron chi connectivity index (χ2n) is 7.90. The Balaban J connectivity index is 1.83. The Labute approximate surface area is 161 Å². The van der Waals surface area contributed by atoms with Gasteiger partial charge in [0.1, 0.15) is 0 Å². The van der Waals surface area contributed by atoms with E-state index < -0.39 is 0 Å². The van der Waals surface area contributed by atoms with E-state index in [0.29, 0.717) is 17.8 Å². The molecule has 0 amide bonds. The molecule has 1 fully saturated rings. The van der Waals surface area contributed by atoms with Crippen molar-refractivity contribution in [2.45, 2.75) is 32.6 Å². The number of nitrogens with zero attached hydrogens (tertiary/aromatic N) is 5. The highest BCUT2D eigenvalue weighted by Crippen LogP contribution is 2.44. The monoisotopic (exact) mass is 367 g/mol. The Morgan fingerprint density at radius 2 is 1.85 bits per heavy atom. The molecule has 2 aliphatic rings.